The van der Waals surface area contributed by atoms with Gasteiger partial charge in [-0.3, -0.25) is 24.0 Å². The second-order valence-corrected chi connectivity index (χ2v) is 11.3. The summed E-state index contributed by atoms with van der Waals surface area (Å²) >= 11 is 0. The number of Topliss-reactive ketones (excluding diaryl/α,β-unsaturated/α-hetero) is 2. The lowest BCUT2D eigenvalue weighted by Crippen LogP contribution is -2.17. The Morgan fingerprint density at radius 3 is 1.41 bits per heavy atom. The van der Waals surface area contributed by atoms with E-state index < -0.39 is 5.91 Å². The molecule has 8 heteroatoms. The van der Waals surface area contributed by atoms with Gasteiger partial charge in [0.05, 0.1) is 11.1 Å². The highest BCUT2D eigenvalue weighted by molar-refractivity contribution is 6.17. The van der Waals surface area contributed by atoms with Gasteiger partial charge in [0.15, 0.2) is 17.3 Å². The largest absolute Gasteiger partial charge is 0.457 e. The third kappa shape index (κ3) is 9.58. The zero-order chi connectivity index (χ0) is 36.2. The molecule has 6 aromatic rings. The average Bonchev–Trinajstić information content (AvgIpc) is 3.16. The number of ketones is 3. The molecule has 0 fully saturated rings. The lowest BCUT2D eigenvalue weighted by molar-refractivity contribution is 0.0996. The van der Waals surface area contributed by atoms with E-state index in [-0.39, 0.29) is 28.8 Å². The number of hydrogen-bond donors (Lipinski definition) is 2. The number of amides is 2. The van der Waals surface area contributed by atoms with Crippen LogP contribution in [-0.4, -0.2) is 29.2 Å². The first-order valence-electron chi connectivity index (χ1n) is 16.0. The van der Waals surface area contributed by atoms with Crippen molar-refractivity contribution in [2.24, 2.45) is 0 Å². The van der Waals surface area contributed by atoms with Gasteiger partial charge in [0.25, 0.3) is 11.8 Å². The van der Waals surface area contributed by atoms with Crippen molar-refractivity contribution in [3.05, 3.63) is 191 Å². The van der Waals surface area contributed by atoms with Crippen molar-refractivity contribution < 1.29 is 28.7 Å². The van der Waals surface area contributed by atoms with Gasteiger partial charge in [-0.2, -0.15) is 0 Å². The van der Waals surface area contributed by atoms with Crippen LogP contribution in [0.1, 0.15) is 71.2 Å². The predicted molar refractivity (Wildman–Crippen MR) is 198 cm³/mol. The number of para-hydroxylation sites is 2. The molecular weight excluding hydrogens is 640 g/mol. The Balaban J connectivity index is 0.000000198. The minimum atomic E-state index is -0.398. The van der Waals surface area contributed by atoms with E-state index in [1.54, 1.807) is 115 Å². The molecule has 0 saturated carbocycles. The van der Waals surface area contributed by atoms with Crippen molar-refractivity contribution >= 4 is 40.5 Å². The summed E-state index contributed by atoms with van der Waals surface area (Å²) < 4.78 is 5.82. The normalized spacial score (nSPS) is 10.2. The van der Waals surface area contributed by atoms with Gasteiger partial charge in [-0.25, -0.2) is 0 Å². The van der Waals surface area contributed by atoms with Crippen LogP contribution in [-0.2, 0) is 0 Å². The van der Waals surface area contributed by atoms with Crippen LogP contribution < -0.4 is 15.4 Å². The summed E-state index contributed by atoms with van der Waals surface area (Å²) in [7, 11) is 0. The molecule has 0 atom stereocenters. The summed E-state index contributed by atoms with van der Waals surface area (Å²) in [6, 6.07) is 45.4. The third-order valence-corrected chi connectivity index (χ3v) is 7.61. The fourth-order valence-corrected chi connectivity index (χ4v) is 5.01. The number of anilines is 2. The Kier molecular flexibility index (Phi) is 11.8. The van der Waals surface area contributed by atoms with E-state index in [4.69, 9.17) is 4.74 Å². The molecule has 0 saturated heterocycles. The number of hydrogen-bond acceptors (Lipinski definition) is 6. The summed E-state index contributed by atoms with van der Waals surface area (Å²) in [5.41, 5.74) is 3.68. The molecule has 6 rings (SSSR count). The molecular formula is C43H34N2O6. The molecule has 2 N–H and O–H groups in total. The maximum Gasteiger partial charge on any atom is 0.259 e. The SMILES string of the molecule is CC(=O)c1cccc(NC(=O)c2ccccc2C(=O)c2ccccc2)c1.CC(=O)c1cccc(NC(=O)c2ccccc2Oc2ccccc2)c1. The van der Waals surface area contributed by atoms with Crippen LogP contribution in [0, 0.1) is 0 Å². The second kappa shape index (κ2) is 16.9. The highest BCUT2D eigenvalue weighted by Crippen LogP contribution is 2.26. The van der Waals surface area contributed by atoms with Gasteiger partial charge < -0.3 is 15.4 Å². The molecule has 0 aliphatic rings. The zero-order valence-electron chi connectivity index (χ0n) is 28.0. The molecule has 2 amide bonds. The van der Waals surface area contributed by atoms with Crippen molar-refractivity contribution in [3.8, 4) is 11.5 Å². The van der Waals surface area contributed by atoms with Gasteiger partial charge in [-0.15, -0.1) is 0 Å². The molecule has 0 radical (unpaired) electrons. The van der Waals surface area contributed by atoms with E-state index in [0.29, 0.717) is 50.7 Å². The molecule has 0 heterocycles. The zero-order valence-corrected chi connectivity index (χ0v) is 28.0. The van der Waals surface area contributed by atoms with Crippen molar-refractivity contribution in [1.29, 1.82) is 0 Å². The summed E-state index contributed by atoms with van der Waals surface area (Å²) in [6.45, 7) is 2.96. The highest BCUT2D eigenvalue weighted by Gasteiger charge is 2.18. The van der Waals surface area contributed by atoms with Gasteiger partial charge in [0, 0.05) is 33.6 Å². The topological polar surface area (TPSA) is 119 Å². The molecule has 0 bridgehead atoms. The minimum absolute atomic E-state index is 0.0519. The maximum atomic E-state index is 12.7. The molecule has 0 aromatic heterocycles. The first-order chi connectivity index (χ1) is 24.7. The Bertz CT molecular complexity index is 2200. The van der Waals surface area contributed by atoms with E-state index >= 15 is 0 Å². The molecule has 0 spiro atoms. The van der Waals surface area contributed by atoms with Gasteiger partial charge in [-0.05, 0) is 68.4 Å². The molecule has 252 valence electrons. The van der Waals surface area contributed by atoms with E-state index in [1.165, 1.54) is 13.8 Å². The van der Waals surface area contributed by atoms with Crippen LogP contribution in [0.3, 0.4) is 0 Å². The van der Waals surface area contributed by atoms with Crippen LogP contribution in [0.5, 0.6) is 11.5 Å². The fourth-order valence-electron chi connectivity index (χ4n) is 5.01. The second-order valence-electron chi connectivity index (χ2n) is 11.3. The average molecular weight is 675 g/mol. The predicted octanol–water partition coefficient (Wildman–Crippen LogP) is 9.31. The Morgan fingerprint density at radius 1 is 0.431 bits per heavy atom. The van der Waals surface area contributed by atoms with Crippen LogP contribution in [0.25, 0.3) is 0 Å². The monoisotopic (exact) mass is 674 g/mol. The summed E-state index contributed by atoms with van der Waals surface area (Å²) in [5, 5.41) is 5.57. The lowest BCUT2D eigenvalue weighted by atomic mass is 9.98. The van der Waals surface area contributed by atoms with Crippen LogP contribution in [0.15, 0.2) is 158 Å². The van der Waals surface area contributed by atoms with E-state index in [0.717, 1.165) is 0 Å². The van der Waals surface area contributed by atoms with Crippen LogP contribution in [0.4, 0.5) is 11.4 Å². The van der Waals surface area contributed by atoms with Crippen molar-refractivity contribution in [3.63, 3.8) is 0 Å². The summed E-state index contributed by atoms with van der Waals surface area (Å²) in [4.78, 5) is 61.1. The van der Waals surface area contributed by atoms with Crippen molar-refractivity contribution in [1.82, 2.24) is 0 Å². The van der Waals surface area contributed by atoms with E-state index in [2.05, 4.69) is 10.6 Å². The molecule has 8 nitrogen and oxygen atoms in total. The van der Waals surface area contributed by atoms with Gasteiger partial charge in [0.1, 0.15) is 11.5 Å². The van der Waals surface area contributed by atoms with Crippen LogP contribution >= 0.6 is 0 Å². The van der Waals surface area contributed by atoms with E-state index in [9.17, 15) is 24.0 Å². The number of carbonyl (C=O) groups is 5. The Labute approximate surface area is 295 Å². The van der Waals surface area contributed by atoms with Crippen LogP contribution in [0.2, 0.25) is 0 Å². The maximum absolute atomic E-state index is 12.7. The number of nitrogens with one attached hydrogen (secondary N) is 2. The smallest absolute Gasteiger partial charge is 0.259 e. The molecule has 0 unspecified atom stereocenters. The highest BCUT2D eigenvalue weighted by atomic mass is 16.5. The Hall–Kier alpha value is -6.93. The van der Waals surface area contributed by atoms with Gasteiger partial charge in [-0.1, -0.05) is 103 Å². The number of carbonyl (C=O) groups excluding carboxylic acids is 5. The Morgan fingerprint density at radius 2 is 0.863 bits per heavy atom. The quantitative estimate of drug-likeness (QED) is 0.140. The van der Waals surface area contributed by atoms with Gasteiger partial charge >= 0.3 is 0 Å². The third-order valence-electron chi connectivity index (χ3n) is 7.61. The van der Waals surface area contributed by atoms with Crippen molar-refractivity contribution in [2.45, 2.75) is 13.8 Å². The van der Waals surface area contributed by atoms with Crippen molar-refractivity contribution in [2.75, 3.05) is 10.6 Å². The first-order valence-corrected chi connectivity index (χ1v) is 16.0. The standard InChI is InChI=1S/C22H17NO3.C21H17NO3/c1-15(24)17-10-7-11-18(14-17)23-22(26)20-13-6-5-12-19(20)21(25)16-8-3-2-4-9-16;1-15(23)16-8-7-9-17(14-16)22-21(24)19-12-5-6-13-20(19)25-18-10-3-2-4-11-18/h2-14H,1H3,(H,23,26);2-14H,1H3,(H,22,24). The summed E-state index contributed by atoms with van der Waals surface area (Å²) in [5.74, 6) is 0.0755. The number of rotatable bonds is 10. The molecule has 6 aromatic carbocycles. The number of benzene rings is 6. The fraction of sp³-hybridized carbons (Fsp3) is 0.0465. The van der Waals surface area contributed by atoms with E-state index in [1.807, 2.05) is 42.5 Å². The summed E-state index contributed by atoms with van der Waals surface area (Å²) in [6.07, 6.45) is 0. The minimum Gasteiger partial charge on any atom is -0.457 e. The molecule has 0 aliphatic carbocycles. The molecule has 51 heavy (non-hydrogen) atoms. The number of ether oxygens (including phenoxy) is 1. The molecule has 0 aliphatic heterocycles. The lowest BCUT2D eigenvalue weighted by Gasteiger charge is -2.11. The first kappa shape index (κ1) is 35.4. The van der Waals surface area contributed by atoms with Gasteiger partial charge in [0.2, 0.25) is 0 Å².